The predicted molar refractivity (Wildman–Crippen MR) is 138 cm³/mol. The lowest BCUT2D eigenvalue weighted by molar-refractivity contribution is 0.0599. The summed E-state index contributed by atoms with van der Waals surface area (Å²) in [5.74, 6) is 4.68. The Labute approximate surface area is 215 Å². The molecule has 0 bridgehead atoms. The van der Waals surface area contributed by atoms with Crippen molar-refractivity contribution < 1.29 is 28.2 Å². The molecule has 1 fully saturated rings. The lowest BCUT2D eigenvalue weighted by Gasteiger charge is -2.33. The second-order valence-corrected chi connectivity index (χ2v) is 9.71. The van der Waals surface area contributed by atoms with Gasteiger partial charge in [0.1, 0.15) is 43.0 Å². The Hall–Kier alpha value is -3.49. The number of furan rings is 1. The molecule has 2 aromatic heterocycles. The lowest BCUT2D eigenvalue weighted by Crippen LogP contribution is -2.40. The summed E-state index contributed by atoms with van der Waals surface area (Å²) in [6.45, 7) is 5.89. The summed E-state index contributed by atoms with van der Waals surface area (Å²) >= 11 is 0. The maximum atomic E-state index is 10.7. The van der Waals surface area contributed by atoms with Crippen molar-refractivity contribution in [2.75, 3.05) is 39.5 Å². The minimum atomic E-state index is -0.591. The summed E-state index contributed by atoms with van der Waals surface area (Å²) in [7, 11) is 0. The van der Waals surface area contributed by atoms with Crippen LogP contribution in [-0.4, -0.2) is 60.5 Å². The van der Waals surface area contributed by atoms with Crippen LogP contribution < -0.4 is 14.2 Å². The Morgan fingerprint density at radius 3 is 2.70 bits per heavy atom. The molecule has 6 rings (SSSR count). The fourth-order valence-electron chi connectivity index (χ4n) is 5.15. The maximum Gasteiger partial charge on any atom is 0.263 e. The van der Waals surface area contributed by atoms with E-state index in [1.807, 2.05) is 37.3 Å². The molecule has 4 aromatic rings. The summed E-state index contributed by atoms with van der Waals surface area (Å²) in [5.41, 5.74) is 2.00. The number of aliphatic hydroxyl groups is 1. The highest BCUT2D eigenvalue weighted by atomic mass is 16.6. The zero-order valence-corrected chi connectivity index (χ0v) is 21.0. The van der Waals surface area contributed by atoms with Crippen LogP contribution in [0.3, 0.4) is 0 Å². The molecule has 0 radical (unpaired) electrons. The van der Waals surface area contributed by atoms with E-state index in [0.717, 1.165) is 55.0 Å². The number of likely N-dealkylation sites (tertiary alicyclic amines) is 1. The van der Waals surface area contributed by atoms with Crippen LogP contribution in [0.2, 0.25) is 0 Å². The fourth-order valence-corrected chi connectivity index (χ4v) is 5.15. The highest BCUT2D eigenvalue weighted by molar-refractivity contribution is 5.87. The maximum absolute atomic E-state index is 10.7. The quantitative estimate of drug-likeness (QED) is 0.357. The van der Waals surface area contributed by atoms with Gasteiger partial charge < -0.3 is 33.1 Å². The summed E-state index contributed by atoms with van der Waals surface area (Å²) < 4.78 is 29.1. The van der Waals surface area contributed by atoms with Gasteiger partial charge in [-0.3, -0.25) is 0 Å². The van der Waals surface area contributed by atoms with Crippen LogP contribution >= 0.6 is 0 Å². The van der Waals surface area contributed by atoms with Crippen LogP contribution in [0.5, 0.6) is 17.2 Å². The molecular weight excluding hydrogens is 472 g/mol. The smallest absolute Gasteiger partial charge is 0.263 e. The molecule has 1 N–H and O–H groups in total. The molecule has 4 heterocycles. The molecule has 1 saturated heterocycles. The Kier molecular flexibility index (Phi) is 6.76. The molecule has 0 saturated carbocycles. The van der Waals surface area contributed by atoms with E-state index in [1.54, 1.807) is 6.20 Å². The van der Waals surface area contributed by atoms with Gasteiger partial charge in [0.25, 0.3) is 5.89 Å². The molecule has 2 aliphatic rings. The van der Waals surface area contributed by atoms with Gasteiger partial charge in [0.15, 0.2) is 17.3 Å². The number of aliphatic hydroxyl groups excluding tert-OH is 1. The summed E-state index contributed by atoms with van der Waals surface area (Å²) in [6.07, 6.45) is 3.99. The van der Waals surface area contributed by atoms with Gasteiger partial charge in [-0.1, -0.05) is 19.1 Å². The predicted octanol–water partition coefficient (Wildman–Crippen LogP) is 5.04. The first-order valence-corrected chi connectivity index (χ1v) is 13.1. The van der Waals surface area contributed by atoms with Gasteiger partial charge in [0.05, 0.1) is 11.6 Å². The van der Waals surface area contributed by atoms with Crippen molar-refractivity contribution in [1.29, 1.82) is 0 Å². The average molecular weight is 505 g/mol. The highest BCUT2D eigenvalue weighted by Gasteiger charge is 2.24. The first-order chi connectivity index (χ1) is 18.2. The Morgan fingerprint density at radius 1 is 1.05 bits per heavy atom. The third-order valence-corrected chi connectivity index (χ3v) is 7.16. The minimum Gasteiger partial charge on any atom is -0.490 e. The summed E-state index contributed by atoms with van der Waals surface area (Å²) in [4.78, 5) is 6.62. The number of rotatable bonds is 8. The SMILES string of the molecule is CCc1cnc(-c2cc3c(OC[C@@H](O)CN4CCC(c5ccc6c(c5)OCCO6)CC4)cccc3o2)o1. The molecule has 8 nitrogen and oxygen atoms in total. The van der Waals surface area contributed by atoms with Crippen molar-refractivity contribution in [3.8, 4) is 28.9 Å². The normalized spacial score (nSPS) is 17.2. The molecule has 1 atom stereocenters. The molecule has 8 heteroatoms. The summed E-state index contributed by atoms with van der Waals surface area (Å²) in [5, 5.41) is 11.6. The molecule has 37 heavy (non-hydrogen) atoms. The molecule has 0 aliphatic carbocycles. The van der Waals surface area contributed by atoms with E-state index in [0.29, 0.717) is 48.7 Å². The second-order valence-electron chi connectivity index (χ2n) is 9.71. The molecular formula is C29H32N2O6. The van der Waals surface area contributed by atoms with E-state index < -0.39 is 6.10 Å². The van der Waals surface area contributed by atoms with Crippen molar-refractivity contribution in [3.63, 3.8) is 0 Å². The number of ether oxygens (including phenoxy) is 3. The van der Waals surface area contributed by atoms with Crippen molar-refractivity contribution in [2.24, 2.45) is 0 Å². The third-order valence-electron chi connectivity index (χ3n) is 7.16. The molecule has 0 unspecified atom stereocenters. The molecule has 2 aliphatic heterocycles. The van der Waals surface area contributed by atoms with E-state index in [1.165, 1.54) is 5.56 Å². The first-order valence-electron chi connectivity index (χ1n) is 13.1. The summed E-state index contributed by atoms with van der Waals surface area (Å²) in [6, 6.07) is 13.8. The Bertz CT molecular complexity index is 1350. The number of β-amino-alcohol motifs (C(OH)–C–C–N with tert-alkyl or cyclic N) is 1. The van der Waals surface area contributed by atoms with Crippen molar-refractivity contribution >= 4 is 11.0 Å². The van der Waals surface area contributed by atoms with Crippen molar-refractivity contribution in [2.45, 2.75) is 38.2 Å². The molecule has 0 amide bonds. The number of fused-ring (bicyclic) bond motifs is 2. The van der Waals surface area contributed by atoms with Gasteiger partial charge in [0, 0.05) is 19.0 Å². The second kappa shape index (κ2) is 10.5. The van der Waals surface area contributed by atoms with Gasteiger partial charge in [-0.05, 0) is 61.7 Å². The van der Waals surface area contributed by atoms with E-state index in [9.17, 15) is 5.11 Å². The standard InChI is InChI=1S/C29H32N2O6/c1-2-22-16-30-29(36-22)28-15-23-24(4-3-5-25(23)37-28)35-18-21(32)17-31-10-8-19(9-11-31)20-6-7-26-27(14-20)34-13-12-33-26/h3-7,14-16,19,21,32H,2,8-13,17-18H2,1H3/t21-/m0/s1. The van der Waals surface area contributed by atoms with E-state index in [2.05, 4.69) is 22.0 Å². The molecule has 2 aromatic carbocycles. The number of hydrogen-bond donors (Lipinski definition) is 1. The van der Waals surface area contributed by atoms with E-state index in [-0.39, 0.29) is 6.61 Å². The number of oxazole rings is 1. The number of nitrogens with zero attached hydrogens (tertiary/aromatic N) is 2. The number of aryl methyl sites for hydroxylation is 1. The Balaban J connectivity index is 1.03. The fraction of sp³-hybridized carbons (Fsp3) is 0.414. The third kappa shape index (κ3) is 5.17. The van der Waals surface area contributed by atoms with Gasteiger partial charge in [0.2, 0.25) is 0 Å². The topological polar surface area (TPSA) is 90.3 Å². The van der Waals surface area contributed by atoms with Gasteiger partial charge >= 0.3 is 0 Å². The van der Waals surface area contributed by atoms with Crippen LogP contribution in [-0.2, 0) is 6.42 Å². The highest BCUT2D eigenvalue weighted by Crippen LogP contribution is 2.37. The van der Waals surface area contributed by atoms with Crippen LogP contribution in [0, 0.1) is 0 Å². The zero-order chi connectivity index (χ0) is 25.2. The first kappa shape index (κ1) is 23.9. The Morgan fingerprint density at radius 2 is 1.89 bits per heavy atom. The van der Waals surface area contributed by atoms with Crippen LogP contribution in [0.15, 0.2) is 57.5 Å². The average Bonchev–Trinajstić information content (AvgIpc) is 3.59. The number of benzene rings is 2. The van der Waals surface area contributed by atoms with Crippen LogP contribution in [0.1, 0.15) is 37.0 Å². The van der Waals surface area contributed by atoms with Gasteiger partial charge in [-0.25, -0.2) is 4.98 Å². The molecule has 0 spiro atoms. The van der Waals surface area contributed by atoms with E-state index >= 15 is 0 Å². The largest absolute Gasteiger partial charge is 0.490 e. The van der Waals surface area contributed by atoms with Crippen molar-refractivity contribution in [1.82, 2.24) is 9.88 Å². The lowest BCUT2D eigenvalue weighted by atomic mass is 9.89. The number of hydrogen-bond acceptors (Lipinski definition) is 8. The molecule has 194 valence electrons. The van der Waals surface area contributed by atoms with E-state index in [4.69, 9.17) is 23.0 Å². The minimum absolute atomic E-state index is 0.209. The van der Waals surface area contributed by atoms with Crippen LogP contribution in [0.25, 0.3) is 22.6 Å². The van der Waals surface area contributed by atoms with Crippen LogP contribution in [0.4, 0.5) is 0 Å². The van der Waals surface area contributed by atoms with Gasteiger partial charge in [-0.2, -0.15) is 0 Å². The number of aromatic nitrogens is 1. The monoisotopic (exact) mass is 504 g/mol. The van der Waals surface area contributed by atoms with Crippen molar-refractivity contribution in [3.05, 3.63) is 60.0 Å². The van der Waals surface area contributed by atoms with Gasteiger partial charge in [-0.15, -0.1) is 0 Å². The number of piperidine rings is 1. The zero-order valence-electron chi connectivity index (χ0n) is 21.0.